The number of esters is 1. The van der Waals surface area contributed by atoms with Crippen molar-refractivity contribution in [3.05, 3.63) is 11.8 Å². The summed E-state index contributed by atoms with van der Waals surface area (Å²) < 4.78 is 51.8. The molecule has 1 aliphatic rings. The molecule has 1 aromatic heterocycles. The molecule has 6 nitrogen and oxygen atoms in total. The Labute approximate surface area is 131 Å². The van der Waals surface area contributed by atoms with Gasteiger partial charge in [-0.25, -0.2) is 4.79 Å². The molecular formula is C14H19F3N2O4. The van der Waals surface area contributed by atoms with E-state index in [4.69, 9.17) is 14.0 Å². The maximum Gasteiger partial charge on any atom is 0.401 e. The van der Waals surface area contributed by atoms with E-state index in [9.17, 15) is 18.0 Å². The third-order valence-corrected chi connectivity index (χ3v) is 3.53. The minimum Gasteiger partial charge on any atom is -0.463 e. The summed E-state index contributed by atoms with van der Waals surface area (Å²) in [6.45, 7) is 1.44. The Bertz CT molecular complexity index is 510. The number of carbonyl (C=O) groups excluding carboxylic acids is 1. The first-order chi connectivity index (χ1) is 10.8. The Balaban J connectivity index is 1.60. The monoisotopic (exact) mass is 336 g/mol. The van der Waals surface area contributed by atoms with Crippen LogP contribution in [0, 0.1) is 12.8 Å². The molecule has 0 aromatic carbocycles. The van der Waals surface area contributed by atoms with Crippen molar-refractivity contribution >= 4 is 5.97 Å². The highest BCUT2D eigenvalue weighted by molar-refractivity contribution is 5.71. The number of aromatic nitrogens is 1. The third-order valence-electron chi connectivity index (χ3n) is 3.53. The molecule has 0 saturated carbocycles. The molecule has 9 heteroatoms. The highest BCUT2D eigenvalue weighted by atomic mass is 19.4. The van der Waals surface area contributed by atoms with Gasteiger partial charge in [-0.2, -0.15) is 13.2 Å². The van der Waals surface area contributed by atoms with Crippen LogP contribution in [-0.4, -0.2) is 55.1 Å². The number of ether oxygens (including phenoxy) is 2. The molecule has 0 bridgehead atoms. The van der Waals surface area contributed by atoms with Crippen molar-refractivity contribution in [3.8, 4) is 5.88 Å². The fourth-order valence-electron chi connectivity index (χ4n) is 2.36. The van der Waals surface area contributed by atoms with Gasteiger partial charge in [0.1, 0.15) is 5.76 Å². The van der Waals surface area contributed by atoms with Crippen LogP contribution in [0.3, 0.4) is 0 Å². The Kier molecular flexibility index (Phi) is 5.86. The van der Waals surface area contributed by atoms with E-state index in [1.54, 1.807) is 13.0 Å². The van der Waals surface area contributed by atoms with Gasteiger partial charge < -0.3 is 14.0 Å². The lowest BCUT2D eigenvalue weighted by molar-refractivity contribution is -0.151. The lowest BCUT2D eigenvalue weighted by Crippen LogP contribution is -2.41. The molecule has 2 rings (SSSR count). The fraction of sp³-hybridized carbons (Fsp3) is 0.714. The number of nitrogens with zero attached hydrogens (tertiary/aromatic N) is 2. The predicted molar refractivity (Wildman–Crippen MR) is 72.9 cm³/mol. The summed E-state index contributed by atoms with van der Waals surface area (Å²) in [6, 6.07) is 1.55. The fourth-order valence-corrected chi connectivity index (χ4v) is 2.36. The minimum absolute atomic E-state index is 0.0812. The van der Waals surface area contributed by atoms with Crippen molar-refractivity contribution in [3.63, 3.8) is 0 Å². The quantitative estimate of drug-likeness (QED) is 0.742. The van der Waals surface area contributed by atoms with Gasteiger partial charge in [0.2, 0.25) is 0 Å². The summed E-state index contributed by atoms with van der Waals surface area (Å²) in [5.41, 5.74) is 0. The van der Waals surface area contributed by atoms with E-state index in [1.165, 1.54) is 4.90 Å². The van der Waals surface area contributed by atoms with E-state index in [1.807, 2.05) is 0 Å². The number of aryl methyl sites for hydroxylation is 1. The van der Waals surface area contributed by atoms with Gasteiger partial charge in [-0.3, -0.25) is 4.90 Å². The largest absolute Gasteiger partial charge is 0.463 e. The molecular weight excluding hydrogens is 317 g/mol. The first-order valence-electron chi connectivity index (χ1n) is 7.32. The van der Waals surface area contributed by atoms with E-state index in [0.717, 1.165) is 0 Å². The van der Waals surface area contributed by atoms with Crippen LogP contribution in [0.5, 0.6) is 5.88 Å². The maximum atomic E-state index is 12.3. The van der Waals surface area contributed by atoms with Crippen molar-refractivity contribution in [2.75, 3.05) is 32.8 Å². The van der Waals surface area contributed by atoms with Crippen LogP contribution in [0.1, 0.15) is 18.6 Å². The number of rotatable bonds is 6. The number of likely N-dealkylation sites (tertiary alicyclic amines) is 1. The van der Waals surface area contributed by atoms with E-state index in [0.29, 0.717) is 31.7 Å². The van der Waals surface area contributed by atoms with Crippen LogP contribution >= 0.6 is 0 Å². The first kappa shape index (κ1) is 17.6. The average molecular weight is 336 g/mol. The molecule has 23 heavy (non-hydrogen) atoms. The number of hydrogen-bond donors (Lipinski definition) is 0. The maximum absolute atomic E-state index is 12.3. The topological polar surface area (TPSA) is 64.8 Å². The van der Waals surface area contributed by atoms with Gasteiger partial charge in [0.05, 0.1) is 13.2 Å². The molecule has 0 atom stereocenters. The standard InChI is InChI=1S/C14H19F3N2O4/c1-10-6-12(18-23-10)21-8-13(20)22-7-11-2-4-19(5-3-11)9-14(15,16)17/h6,11H,2-5,7-9H2,1H3. The van der Waals surface area contributed by atoms with Crippen molar-refractivity contribution in [1.82, 2.24) is 10.1 Å². The molecule has 0 aliphatic carbocycles. The molecule has 1 aromatic rings. The molecule has 2 heterocycles. The van der Waals surface area contributed by atoms with Gasteiger partial charge in [-0.05, 0) is 43.9 Å². The molecule has 0 radical (unpaired) electrons. The summed E-state index contributed by atoms with van der Waals surface area (Å²) in [5, 5.41) is 3.57. The number of piperidine rings is 1. The Hall–Kier alpha value is -1.77. The zero-order valence-electron chi connectivity index (χ0n) is 12.8. The van der Waals surface area contributed by atoms with Gasteiger partial charge in [0, 0.05) is 6.07 Å². The van der Waals surface area contributed by atoms with Gasteiger partial charge in [0.15, 0.2) is 6.61 Å². The predicted octanol–water partition coefficient (Wildman–Crippen LogP) is 2.18. The van der Waals surface area contributed by atoms with E-state index in [2.05, 4.69) is 5.16 Å². The summed E-state index contributed by atoms with van der Waals surface area (Å²) >= 11 is 0. The normalized spacial score (nSPS) is 17.2. The summed E-state index contributed by atoms with van der Waals surface area (Å²) in [6.07, 6.45) is -3.02. The molecule has 0 amide bonds. The van der Waals surface area contributed by atoms with Crippen LogP contribution in [-0.2, 0) is 9.53 Å². The zero-order valence-corrected chi connectivity index (χ0v) is 12.8. The number of halogens is 3. The molecule has 1 fully saturated rings. The smallest absolute Gasteiger partial charge is 0.401 e. The van der Waals surface area contributed by atoms with Crippen LogP contribution in [0.15, 0.2) is 10.6 Å². The lowest BCUT2D eigenvalue weighted by Gasteiger charge is -2.31. The highest BCUT2D eigenvalue weighted by Crippen LogP contribution is 2.22. The Morgan fingerprint density at radius 3 is 2.70 bits per heavy atom. The second-order valence-electron chi connectivity index (χ2n) is 5.58. The van der Waals surface area contributed by atoms with E-state index < -0.39 is 18.7 Å². The van der Waals surface area contributed by atoms with Crippen LogP contribution in [0.4, 0.5) is 13.2 Å². The van der Waals surface area contributed by atoms with Crippen molar-refractivity contribution in [2.45, 2.75) is 25.9 Å². The molecule has 1 saturated heterocycles. The Morgan fingerprint density at radius 1 is 1.43 bits per heavy atom. The molecule has 130 valence electrons. The molecule has 0 spiro atoms. The molecule has 1 aliphatic heterocycles. The second kappa shape index (κ2) is 7.67. The number of carbonyl (C=O) groups is 1. The number of alkyl halides is 3. The second-order valence-corrected chi connectivity index (χ2v) is 5.58. The van der Waals surface area contributed by atoms with Gasteiger partial charge >= 0.3 is 12.1 Å². The number of hydrogen-bond acceptors (Lipinski definition) is 6. The SMILES string of the molecule is Cc1cc(OCC(=O)OCC2CCN(CC(F)(F)F)CC2)no1. The van der Waals surface area contributed by atoms with Crippen LogP contribution < -0.4 is 4.74 Å². The van der Waals surface area contributed by atoms with Crippen molar-refractivity contribution in [2.24, 2.45) is 5.92 Å². The molecule has 0 unspecified atom stereocenters. The van der Waals surface area contributed by atoms with Gasteiger partial charge in [-0.1, -0.05) is 0 Å². The minimum atomic E-state index is -4.17. The Morgan fingerprint density at radius 2 is 2.13 bits per heavy atom. The summed E-state index contributed by atoms with van der Waals surface area (Å²) in [4.78, 5) is 12.9. The highest BCUT2D eigenvalue weighted by Gasteiger charge is 2.32. The first-order valence-corrected chi connectivity index (χ1v) is 7.32. The van der Waals surface area contributed by atoms with Crippen LogP contribution in [0.2, 0.25) is 0 Å². The molecule has 0 N–H and O–H groups in total. The van der Waals surface area contributed by atoms with E-state index in [-0.39, 0.29) is 25.0 Å². The average Bonchev–Trinajstić information content (AvgIpc) is 2.88. The summed E-state index contributed by atoms with van der Waals surface area (Å²) in [5.74, 6) is 0.319. The van der Waals surface area contributed by atoms with Gasteiger partial charge in [0.25, 0.3) is 5.88 Å². The summed E-state index contributed by atoms with van der Waals surface area (Å²) in [7, 11) is 0. The third kappa shape index (κ3) is 6.47. The van der Waals surface area contributed by atoms with Crippen molar-refractivity contribution in [1.29, 1.82) is 0 Å². The van der Waals surface area contributed by atoms with Crippen molar-refractivity contribution < 1.29 is 32.0 Å². The zero-order chi connectivity index (χ0) is 16.9. The van der Waals surface area contributed by atoms with Gasteiger partial charge in [-0.15, -0.1) is 0 Å². The van der Waals surface area contributed by atoms with E-state index >= 15 is 0 Å². The lowest BCUT2D eigenvalue weighted by atomic mass is 9.98. The van der Waals surface area contributed by atoms with Crippen LogP contribution in [0.25, 0.3) is 0 Å².